The number of halogens is 2. The first-order chi connectivity index (χ1) is 7.65. The quantitative estimate of drug-likeness (QED) is 0.882. The Morgan fingerprint density at radius 1 is 1.19 bits per heavy atom. The Labute approximate surface area is 108 Å². The zero-order valence-electron chi connectivity index (χ0n) is 8.36. The van der Waals surface area contributed by atoms with Gasteiger partial charge in [-0.1, -0.05) is 23.2 Å². The van der Waals surface area contributed by atoms with Crippen molar-refractivity contribution in [2.24, 2.45) is 0 Å². The summed E-state index contributed by atoms with van der Waals surface area (Å²) in [6.07, 6.45) is 0.0194. The molecule has 84 valence electrons. The average Bonchev–Trinajstić information content (AvgIpc) is 2.68. The molecule has 0 aliphatic carbocycles. The van der Waals surface area contributed by atoms with Crippen LogP contribution in [0.4, 0.5) is 0 Å². The second kappa shape index (κ2) is 5.19. The maximum Gasteiger partial charge on any atom is 0.0831 e. The van der Waals surface area contributed by atoms with Gasteiger partial charge in [0.25, 0.3) is 0 Å². The van der Waals surface area contributed by atoms with Crippen molar-refractivity contribution >= 4 is 34.5 Å². The largest absolute Gasteiger partial charge is 0.388 e. The van der Waals surface area contributed by atoms with Crippen LogP contribution in [0.25, 0.3) is 0 Å². The molecule has 1 N–H and O–H groups in total. The van der Waals surface area contributed by atoms with E-state index in [1.54, 1.807) is 29.5 Å². The third-order valence-corrected chi connectivity index (χ3v) is 3.45. The molecule has 0 bridgehead atoms. The Morgan fingerprint density at radius 3 is 2.44 bits per heavy atom. The third kappa shape index (κ3) is 2.98. The van der Waals surface area contributed by atoms with Gasteiger partial charge in [0.05, 0.1) is 6.10 Å². The summed E-state index contributed by atoms with van der Waals surface area (Å²) >= 11 is 13.4. The average molecular weight is 273 g/mol. The van der Waals surface area contributed by atoms with Crippen molar-refractivity contribution in [2.75, 3.05) is 0 Å². The lowest BCUT2D eigenvalue weighted by molar-refractivity contribution is 0.178. The highest BCUT2D eigenvalue weighted by molar-refractivity contribution is 7.07. The van der Waals surface area contributed by atoms with Crippen LogP contribution >= 0.6 is 34.5 Å². The summed E-state index contributed by atoms with van der Waals surface area (Å²) in [4.78, 5) is 0. The first-order valence-electron chi connectivity index (χ1n) is 4.80. The molecule has 1 heterocycles. The molecule has 0 aliphatic rings. The van der Waals surface area contributed by atoms with Gasteiger partial charge in [0.1, 0.15) is 0 Å². The van der Waals surface area contributed by atoms with E-state index in [4.69, 9.17) is 23.2 Å². The second-order valence-corrected chi connectivity index (χ2v) is 5.21. The van der Waals surface area contributed by atoms with Gasteiger partial charge in [0.15, 0.2) is 0 Å². The molecular weight excluding hydrogens is 263 g/mol. The minimum absolute atomic E-state index is 0.548. The van der Waals surface area contributed by atoms with Crippen LogP contribution in [0.1, 0.15) is 17.2 Å². The number of thiophene rings is 1. The highest BCUT2D eigenvalue weighted by atomic mass is 35.5. The van der Waals surface area contributed by atoms with Crippen molar-refractivity contribution in [1.82, 2.24) is 0 Å². The first kappa shape index (κ1) is 11.9. The summed E-state index contributed by atoms with van der Waals surface area (Å²) in [7, 11) is 0. The van der Waals surface area contributed by atoms with Gasteiger partial charge >= 0.3 is 0 Å². The molecule has 0 fully saturated rings. The van der Waals surface area contributed by atoms with E-state index in [1.807, 2.05) is 16.8 Å². The molecule has 1 unspecified atom stereocenters. The predicted molar refractivity (Wildman–Crippen MR) is 69.4 cm³/mol. The normalized spacial score (nSPS) is 12.7. The van der Waals surface area contributed by atoms with Gasteiger partial charge in [-0.05, 0) is 46.2 Å². The van der Waals surface area contributed by atoms with Crippen LogP contribution < -0.4 is 0 Å². The molecule has 1 nitrogen and oxygen atoms in total. The van der Waals surface area contributed by atoms with Gasteiger partial charge in [-0.2, -0.15) is 11.3 Å². The van der Waals surface area contributed by atoms with E-state index in [1.165, 1.54) is 0 Å². The van der Waals surface area contributed by atoms with Crippen molar-refractivity contribution in [2.45, 2.75) is 12.5 Å². The summed E-state index contributed by atoms with van der Waals surface area (Å²) in [5, 5.41) is 15.1. The van der Waals surface area contributed by atoms with E-state index in [0.29, 0.717) is 16.5 Å². The van der Waals surface area contributed by atoms with Crippen molar-refractivity contribution in [3.63, 3.8) is 0 Å². The van der Waals surface area contributed by atoms with E-state index in [0.717, 1.165) is 11.1 Å². The maximum absolute atomic E-state index is 10.0. The van der Waals surface area contributed by atoms with Gasteiger partial charge in [0.2, 0.25) is 0 Å². The lowest BCUT2D eigenvalue weighted by Crippen LogP contribution is -2.00. The van der Waals surface area contributed by atoms with Crippen LogP contribution in [0, 0.1) is 0 Å². The number of aliphatic hydroxyl groups excluding tert-OH is 1. The summed E-state index contributed by atoms with van der Waals surface area (Å²) in [6, 6.07) is 7.14. The lowest BCUT2D eigenvalue weighted by Gasteiger charge is -2.10. The molecule has 0 saturated carbocycles. The van der Waals surface area contributed by atoms with Crippen molar-refractivity contribution in [3.05, 3.63) is 56.2 Å². The molecule has 1 aromatic heterocycles. The Morgan fingerprint density at radius 2 is 1.88 bits per heavy atom. The molecule has 0 aliphatic heterocycles. The van der Waals surface area contributed by atoms with Gasteiger partial charge in [-0.25, -0.2) is 0 Å². The zero-order chi connectivity index (χ0) is 11.5. The number of aliphatic hydroxyl groups is 1. The second-order valence-electron chi connectivity index (χ2n) is 3.55. The monoisotopic (exact) mass is 272 g/mol. The first-order valence-corrected chi connectivity index (χ1v) is 6.50. The fourth-order valence-corrected chi connectivity index (χ4v) is 2.74. The minimum atomic E-state index is -0.564. The van der Waals surface area contributed by atoms with Gasteiger partial charge in [-0.3, -0.25) is 0 Å². The Bertz CT molecular complexity index is 448. The fraction of sp³-hybridized carbons (Fsp3) is 0.167. The minimum Gasteiger partial charge on any atom is -0.388 e. The molecule has 0 spiro atoms. The van der Waals surface area contributed by atoms with Crippen molar-refractivity contribution < 1.29 is 5.11 Å². The topological polar surface area (TPSA) is 20.2 Å². The van der Waals surface area contributed by atoms with Gasteiger partial charge in [-0.15, -0.1) is 0 Å². The van der Waals surface area contributed by atoms with Crippen molar-refractivity contribution in [3.8, 4) is 0 Å². The van der Waals surface area contributed by atoms with E-state index in [2.05, 4.69) is 0 Å². The summed E-state index contributed by atoms with van der Waals surface area (Å²) in [6.45, 7) is 0. The molecule has 2 aromatic rings. The number of rotatable bonds is 3. The Kier molecular flexibility index (Phi) is 3.87. The highest BCUT2D eigenvalue weighted by Gasteiger charge is 2.10. The SMILES string of the molecule is OC(Cc1ccsc1)c1cc(Cl)cc(Cl)c1. The third-order valence-electron chi connectivity index (χ3n) is 2.28. The maximum atomic E-state index is 10.0. The predicted octanol–water partition coefficient (Wildman–Crippen LogP) is 4.33. The molecule has 0 radical (unpaired) electrons. The summed E-state index contributed by atoms with van der Waals surface area (Å²) in [5.74, 6) is 0. The molecule has 4 heteroatoms. The Hall–Kier alpha value is -0.540. The smallest absolute Gasteiger partial charge is 0.0831 e. The molecule has 16 heavy (non-hydrogen) atoms. The van der Waals surface area contributed by atoms with Crippen LogP contribution in [0.15, 0.2) is 35.0 Å². The fourth-order valence-electron chi connectivity index (χ4n) is 1.52. The molecule has 2 rings (SSSR count). The van der Waals surface area contributed by atoms with Crippen LogP contribution in [0.5, 0.6) is 0 Å². The number of hydrogen-bond donors (Lipinski definition) is 1. The lowest BCUT2D eigenvalue weighted by atomic mass is 10.0. The highest BCUT2D eigenvalue weighted by Crippen LogP contribution is 2.26. The molecule has 1 aromatic carbocycles. The summed E-state index contributed by atoms with van der Waals surface area (Å²) in [5.41, 5.74) is 1.87. The standard InChI is InChI=1S/C12H10Cl2OS/c13-10-4-9(5-11(14)6-10)12(15)3-8-1-2-16-7-8/h1-2,4-7,12,15H,3H2. The molecule has 0 saturated heterocycles. The zero-order valence-corrected chi connectivity index (χ0v) is 10.7. The molecular formula is C12H10Cl2OS. The summed E-state index contributed by atoms with van der Waals surface area (Å²) < 4.78 is 0. The van der Waals surface area contributed by atoms with Crippen molar-refractivity contribution in [1.29, 1.82) is 0 Å². The van der Waals surface area contributed by atoms with Gasteiger partial charge in [0, 0.05) is 16.5 Å². The number of hydrogen-bond acceptors (Lipinski definition) is 2. The van der Waals surface area contributed by atoms with E-state index >= 15 is 0 Å². The molecule has 0 amide bonds. The molecule has 1 atom stereocenters. The van der Waals surface area contributed by atoms with E-state index in [9.17, 15) is 5.11 Å². The van der Waals surface area contributed by atoms with Crippen LogP contribution in [0.2, 0.25) is 10.0 Å². The van der Waals surface area contributed by atoms with Crippen LogP contribution in [0.3, 0.4) is 0 Å². The van der Waals surface area contributed by atoms with Gasteiger partial charge < -0.3 is 5.11 Å². The van der Waals surface area contributed by atoms with Crippen LogP contribution in [-0.4, -0.2) is 5.11 Å². The number of benzene rings is 1. The van der Waals surface area contributed by atoms with Crippen LogP contribution in [-0.2, 0) is 6.42 Å². The Balaban J connectivity index is 2.17. The van der Waals surface area contributed by atoms with E-state index < -0.39 is 6.10 Å². The van der Waals surface area contributed by atoms with E-state index in [-0.39, 0.29) is 0 Å².